The van der Waals surface area contributed by atoms with E-state index < -0.39 is 0 Å². The number of amides is 1. The first-order valence-corrected chi connectivity index (χ1v) is 10.6. The van der Waals surface area contributed by atoms with E-state index in [0.29, 0.717) is 12.6 Å². The topological polar surface area (TPSA) is 61.6 Å². The van der Waals surface area contributed by atoms with Crippen LogP contribution >= 0.6 is 11.3 Å². The van der Waals surface area contributed by atoms with Crippen molar-refractivity contribution in [2.24, 2.45) is 5.92 Å². The number of carbonyl (C=O) groups is 1. The van der Waals surface area contributed by atoms with Crippen LogP contribution in [-0.2, 0) is 4.79 Å². The van der Waals surface area contributed by atoms with E-state index in [1.54, 1.807) is 11.3 Å². The van der Waals surface area contributed by atoms with Crippen molar-refractivity contribution in [1.29, 1.82) is 0 Å². The molecule has 0 aliphatic carbocycles. The number of para-hydroxylation sites is 2. The number of nitrogens with one attached hydrogen (secondary N) is 1. The van der Waals surface area contributed by atoms with Crippen LogP contribution in [0.2, 0.25) is 0 Å². The molecule has 1 aliphatic rings. The number of rotatable bonds is 6. The fourth-order valence-corrected chi connectivity index (χ4v) is 4.61. The maximum absolute atomic E-state index is 12.7. The van der Waals surface area contributed by atoms with Gasteiger partial charge in [-0.25, -0.2) is 0 Å². The van der Waals surface area contributed by atoms with Crippen molar-refractivity contribution in [1.82, 2.24) is 15.2 Å². The van der Waals surface area contributed by atoms with E-state index in [1.165, 1.54) is 4.88 Å². The number of oxazole rings is 1. The standard InChI is InChI=1S/C21H26N4O2S/c1-24(2)17(19-8-5-13-28-19)14-22-20(26)15-9-11-25(12-10-15)21-23-16-6-3-4-7-18(16)27-21/h3-8,13,15,17H,9-12,14H2,1-2H3,(H,22,26)/t17-/m0/s1. The Morgan fingerprint density at radius 3 is 2.75 bits per heavy atom. The average Bonchev–Trinajstić information content (AvgIpc) is 3.37. The lowest BCUT2D eigenvalue weighted by Crippen LogP contribution is -2.42. The van der Waals surface area contributed by atoms with Crippen molar-refractivity contribution >= 4 is 34.4 Å². The van der Waals surface area contributed by atoms with Crippen molar-refractivity contribution < 1.29 is 9.21 Å². The molecule has 3 aromatic rings. The zero-order valence-electron chi connectivity index (χ0n) is 16.3. The van der Waals surface area contributed by atoms with Crippen LogP contribution in [0.1, 0.15) is 23.8 Å². The highest BCUT2D eigenvalue weighted by atomic mass is 32.1. The van der Waals surface area contributed by atoms with Gasteiger partial charge in [0.15, 0.2) is 5.58 Å². The summed E-state index contributed by atoms with van der Waals surface area (Å²) in [7, 11) is 4.10. The zero-order valence-corrected chi connectivity index (χ0v) is 17.1. The van der Waals surface area contributed by atoms with Gasteiger partial charge in [0.1, 0.15) is 5.52 Å². The summed E-state index contributed by atoms with van der Waals surface area (Å²) in [5, 5.41) is 5.25. The number of thiophene rings is 1. The Hall–Kier alpha value is -2.38. The van der Waals surface area contributed by atoms with Crippen LogP contribution in [0.5, 0.6) is 0 Å². The van der Waals surface area contributed by atoms with Gasteiger partial charge in [0.25, 0.3) is 6.01 Å². The third kappa shape index (κ3) is 4.05. The Morgan fingerprint density at radius 2 is 2.07 bits per heavy atom. The van der Waals surface area contributed by atoms with Crippen LogP contribution in [0.25, 0.3) is 11.1 Å². The smallest absolute Gasteiger partial charge is 0.298 e. The van der Waals surface area contributed by atoms with Crippen LogP contribution in [0.4, 0.5) is 6.01 Å². The summed E-state index contributed by atoms with van der Waals surface area (Å²) in [6.45, 7) is 2.21. The predicted octanol–water partition coefficient (Wildman–Crippen LogP) is 3.52. The van der Waals surface area contributed by atoms with Crippen LogP contribution in [0.3, 0.4) is 0 Å². The van der Waals surface area contributed by atoms with E-state index in [-0.39, 0.29) is 17.9 Å². The molecule has 0 spiro atoms. The predicted molar refractivity (Wildman–Crippen MR) is 113 cm³/mol. The third-order valence-electron chi connectivity index (χ3n) is 5.38. The largest absolute Gasteiger partial charge is 0.423 e. The number of anilines is 1. The molecule has 1 aromatic carbocycles. The Labute approximate surface area is 169 Å². The Bertz CT molecular complexity index is 881. The van der Waals surface area contributed by atoms with Gasteiger partial charge in [0.05, 0.1) is 6.04 Å². The van der Waals surface area contributed by atoms with E-state index in [1.807, 2.05) is 24.3 Å². The molecule has 6 nitrogen and oxygen atoms in total. The number of benzene rings is 1. The summed E-state index contributed by atoms with van der Waals surface area (Å²) in [6, 6.07) is 12.8. The summed E-state index contributed by atoms with van der Waals surface area (Å²) in [5.41, 5.74) is 1.68. The minimum absolute atomic E-state index is 0.0479. The number of nitrogens with zero attached hydrogens (tertiary/aromatic N) is 3. The van der Waals surface area contributed by atoms with Gasteiger partial charge in [0.2, 0.25) is 5.91 Å². The molecule has 0 radical (unpaired) electrons. The van der Waals surface area contributed by atoms with Crippen LogP contribution in [0.15, 0.2) is 46.2 Å². The van der Waals surface area contributed by atoms with E-state index in [4.69, 9.17) is 4.42 Å². The average molecular weight is 399 g/mol. The first-order chi connectivity index (χ1) is 13.6. The van der Waals surface area contributed by atoms with Gasteiger partial charge < -0.3 is 19.5 Å². The molecule has 0 bridgehead atoms. The van der Waals surface area contributed by atoms with Gasteiger partial charge >= 0.3 is 0 Å². The van der Waals surface area contributed by atoms with Crippen LogP contribution in [-0.4, -0.2) is 49.5 Å². The second kappa shape index (κ2) is 8.32. The number of fused-ring (bicyclic) bond motifs is 1. The molecule has 1 atom stereocenters. The fourth-order valence-electron chi connectivity index (χ4n) is 3.69. The molecular formula is C21H26N4O2S. The summed E-state index contributed by atoms with van der Waals surface area (Å²) < 4.78 is 5.86. The Balaban J connectivity index is 1.31. The number of likely N-dealkylation sites (N-methyl/N-ethyl adjacent to an activating group) is 1. The molecule has 1 fully saturated rings. The Morgan fingerprint density at radius 1 is 1.29 bits per heavy atom. The molecule has 7 heteroatoms. The number of hydrogen-bond acceptors (Lipinski definition) is 6. The first-order valence-electron chi connectivity index (χ1n) is 9.70. The lowest BCUT2D eigenvalue weighted by atomic mass is 9.96. The highest BCUT2D eigenvalue weighted by Gasteiger charge is 2.28. The van der Waals surface area contributed by atoms with Gasteiger partial charge in [-0.1, -0.05) is 18.2 Å². The molecular weight excluding hydrogens is 372 g/mol. The van der Waals surface area contributed by atoms with Gasteiger partial charge in [-0.15, -0.1) is 11.3 Å². The molecule has 1 aliphatic heterocycles. The minimum atomic E-state index is 0.0479. The molecule has 1 amide bonds. The number of carbonyl (C=O) groups excluding carboxylic acids is 1. The van der Waals surface area contributed by atoms with Crippen molar-refractivity contribution in [3.63, 3.8) is 0 Å². The summed E-state index contributed by atoms with van der Waals surface area (Å²) in [6.07, 6.45) is 1.63. The molecule has 0 unspecified atom stereocenters. The summed E-state index contributed by atoms with van der Waals surface area (Å²) in [5.74, 6) is 0.201. The van der Waals surface area contributed by atoms with Crippen molar-refractivity contribution in [3.05, 3.63) is 46.7 Å². The molecule has 3 heterocycles. The maximum Gasteiger partial charge on any atom is 0.298 e. The van der Waals surface area contributed by atoms with E-state index in [0.717, 1.165) is 37.0 Å². The molecule has 148 valence electrons. The Kier molecular flexibility index (Phi) is 5.64. The molecule has 1 saturated heterocycles. The second-order valence-electron chi connectivity index (χ2n) is 7.47. The molecule has 2 aromatic heterocycles. The molecule has 28 heavy (non-hydrogen) atoms. The second-order valence-corrected chi connectivity index (χ2v) is 8.44. The van der Waals surface area contributed by atoms with Crippen molar-refractivity contribution in [3.8, 4) is 0 Å². The van der Waals surface area contributed by atoms with Crippen molar-refractivity contribution in [2.45, 2.75) is 18.9 Å². The minimum Gasteiger partial charge on any atom is -0.423 e. The lowest BCUT2D eigenvalue weighted by molar-refractivity contribution is -0.125. The monoisotopic (exact) mass is 398 g/mol. The van der Waals surface area contributed by atoms with E-state index >= 15 is 0 Å². The summed E-state index contributed by atoms with van der Waals surface area (Å²) in [4.78, 5) is 22.8. The van der Waals surface area contributed by atoms with Gasteiger partial charge in [-0.2, -0.15) is 4.98 Å². The van der Waals surface area contributed by atoms with Gasteiger partial charge in [-0.05, 0) is 50.5 Å². The molecule has 1 N–H and O–H groups in total. The van der Waals surface area contributed by atoms with E-state index in [2.05, 4.69) is 51.7 Å². The van der Waals surface area contributed by atoms with Crippen LogP contribution < -0.4 is 10.2 Å². The zero-order chi connectivity index (χ0) is 19.5. The van der Waals surface area contributed by atoms with Crippen molar-refractivity contribution in [2.75, 3.05) is 38.6 Å². The fraction of sp³-hybridized carbons (Fsp3) is 0.429. The first kappa shape index (κ1) is 19.0. The highest BCUT2D eigenvalue weighted by Crippen LogP contribution is 2.27. The van der Waals surface area contributed by atoms with Gasteiger partial charge in [0, 0.05) is 30.4 Å². The highest BCUT2D eigenvalue weighted by molar-refractivity contribution is 7.10. The molecule has 0 saturated carbocycles. The molecule has 4 rings (SSSR count). The SMILES string of the molecule is CN(C)[C@@H](CNC(=O)C1CCN(c2nc3ccccc3o2)CC1)c1cccs1. The lowest BCUT2D eigenvalue weighted by Gasteiger charge is -2.31. The maximum atomic E-state index is 12.7. The number of piperidine rings is 1. The van der Waals surface area contributed by atoms with Gasteiger partial charge in [-0.3, -0.25) is 4.79 Å². The summed E-state index contributed by atoms with van der Waals surface area (Å²) >= 11 is 1.73. The normalized spacial score (nSPS) is 16.6. The third-order valence-corrected chi connectivity index (χ3v) is 6.36. The van der Waals surface area contributed by atoms with E-state index in [9.17, 15) is 4.79 Å². The quantitative estimate of drug-likeness (QED) is 0.688. The van der Waals surface area contributed by atoms with Crippen LogP contribution in [0, 0.1) is 5.92 Å². The number of aromatic nitrogens is 1. The number of hydrogen-bond donors (Lipinski definition) is 1.